The zero-order valence-corrected chi connectivity index (χ0v) is 22.9. The molecule has 37 heavy (non-hydrogen) atoms. The maximum absolute atomic E-state index is 13.1. The van der Waals surface area contributed by atoms with Crippen molar-refractivity contribution < 1.29 is 18.7 Å². The molecule has 5 nitrogen and oxygen atoms in total. The molecule has 5 rings (SSSR count). The van der Waals surface area contributed by atoms with Gasteiger partial charge in [0.15, 0.2) is 5.78 Å². The SMILES string of the molecule is CCSc1sc(C(=O)NCc2ccco2)c2c1C(=O)CC(c1ccc(OC)cc1)C2.Cc1ccccc1. The molecule has 2 heterocycles. The van der Waals surface area contributed by atoms with Crippen molar-refractivity contribution in [1.29, 1.82) is 0 Å². The Kier molecular flexibility index (Phi) is 9.25. The van der Waals surface area contributed by atoms with Crippen molar-refractivity contribution >= 4 is 34.8 Å². The van der Waals surface area contributed by atoms with Crippen molar-refractivity contribution in [3.05, 3.63) is 106 Å². The van der Waals surface area contributed by atoms with Crippen LogP contribution in [0.2, 0.25) is 0 Å². The molecular formula is C30H31NO4S2. The summed E-state index contributed by atoms with van der Waals surface area (Å²) >= 11 is 3.06. The minimum Gasteiger partial charge on any atom is -0.497 e. The molecule has 0 saturated heterocycles. The van der Waals surface area contributed by atoms with E-state index >= 15 is 0 Å². The van der Waals surface area contributed by atoms with Crippen LogP contribution in [0.3, 0.4) is 0 Å². The standard InChI is InChI=1S/C23H23NO4S2.C7H8/c1-3-29-23-20-18(21(30-23)22(26)24-13-17-5-4-10-28-17)11-15(12-19(20)25)14-6-8-16(27-2)9-7-14;1-7-5-3-2-4-6-7/h4-10,15H,3,11-13H2,1-2H3,(H,24,26);2-6H,1H3. The number of rotatable bonds is 7. The van der Waals surface area contributed by atoms with Crippen LogP contribution in [0.15, 0.2) is 81.6 Å². The van der Waals surface area contributed by atoms with Gasteiger partial charge in [-0.2, -0.15) is 0 Å². The molecule has 0 aliphatic heterocycles. The zero-order chi connectivity index (χ0) is 26.2. The summed E-state index contributed by atoms with van der Waals surface area (Å²) in [6, 6.07) is 21.7. The zero-order valence-electron chi connectivity index (χ0n) is 21.3. The number of carbonyl (C=O) groups is 2. The van der Waals surface area contributed by atoms with Crippen LogP contribution in [0.5, 0.6) is 5.75 Å². The van der Waals surface area contributed by atoms with E-state index in [2.05, 4.69) is 31.3 Å². The van der Waals surface area contributed by atoms with E-state index in [-0.39, 0.29) is 17.6 Å². The molecule has 1 amide bonds. The first-order valence-corrected chi connectivity index (χ1v) is 14.1. The van der Waals surface area contributed by atoms with Crippen LogP contribution >= 0.6 is 23.1 Å². The van der Waals surface area contributed by atoms with Crippen LogP contribution in [0.1, 0.15) is 61.7 Å². The minimum atomic E-state index is -0.154. The monoisotopic (exact) mass is 533 g/mol. The molecule has 1 N–H and O–H groups in total. The summed E-state index contributed by atoms with van der Waals surface area (Å²) in [5.41, 5.74) is 4.04. The highest BCUT2D eigenvalue weighted by molar-refractivity contribution is 8.01. The average molecular weight is 534 g/mol. The Morgan fingerprint density at radius 2 is 1.84 bits per heavy atom. The van der Waals surface area contributed by atoms with Gasteiger partial charge in [0, 0.05) is 12.0 Å². The third-order valence-electron chi connectivity index (χ3n) is 6.15. The highest BCUT2D eigenvalue weighted by Gasteiger charge is 2.34. The molecule has 1 aliphatic carbocycles. The van der Waals surface area contributed by atoms with Gasteiger partial charge in [-0.3, -0.25) is 9.59 Å². The first kappa shape index (κ1) is 26.8. The highest BCUT2D eigenvalue weighted by Crippen LogP contribution is 2.44. The van der Waals surface area contributed by atoms with Gasteiger partial charge in [-0.25, -0.2) is 0 Å². The second-order valence-electron chi connectivity index (χ2n) is 8.72. The van der Waals surface area contributed by atoms with E-state index in [0.29, 0.717) is 30.0 Å². The van der Waals surface area contributed by atoms with Crippen LogP contribution in [0.4, 0.5) is 0 Å². The molecule has 0 saturated carbocycles. The molecule has 7 heteroatoms. The summed E-state index contributed by atoms with van der Waals surface area (Å²) < 4.78 is 11.5. The van der Waals surface area contributed by atoms with Gasteiger partial charge in [-0.15, -0.1) is 23.1 Å². The highest BCUT2D eigenvalue weighted by atomic mass is 32.2. The van der Waals surface area contributed by atoms with Crippen LogP contribution in [0, 0.1) is 6.92 Å². The van der Waals surface area contributed by atoms with Gasteiger partial charge in [-0.05, 0) is 60.4 Å². The Labute approximate surface area is 226 Å². The van der Waals surface area contributed by atoms with Gasteiger partial charge in [0.25, 0.3) is 5.91 Å². The number of carbonyl (C=O) groups excluding carboxylic acids is 2. The molecule has 4 aromatic rings. The number of fused-ring (bicyclic) bond motifs is 1. The number of nitrogens with one attached hydrogen (secondary N) is 1. The lowest BCUT2D eigenvalue weighted by molar-refractivity contribution is 0.0950. The number of thioether (sulfide) groups is 1. The molecule has 0 radical (unpaired) electrons. The molecule has 1 unspecified atom stereocenters. The average Bonchev–Trinajstić information content (AvgIpc) is 3.57. The van der Waals surface area contributed by atoms with Crippen molar-refractivity contribution in [3.63, 3.8) is 0 Å². The Balaban J connectivity index is 0.000000396. The number of benzene rings is 2. The first-order valence-electron chi connectivity index (χ1n) is 12.3. The molecule has 0 spiro atoms. The lowest BCUT2D eigenvalue weighted by atomic mass is 9.80. The predicted molar refractivity (Wildman–Crippen MR) is 150 cm³/mol. The van der Waals surface area contributed by atoms with E-state index in [9.17, 15) is 9.59 Å². The predicted octanol–water partition coefficient (Wildman–Crippen LogP) is 7.30. The number of methoxy groups -OCH3 is 1. The minimum absolute atomic E-state index is 0.0570. The second-order valence-corrected chi connectivity index (χ2v) is 11.3. The molecule has 0 bridgehead atoms. The number of amides is 1. The largest absolute Gasteiger partial charge is 0.497 e. The quantitative estimate of drug-likeness (QED) is 0.253. The topological polar surface area (TPSA) is 68.5 Å². The van der Waals surface area contributed by atoms with Gasteiger partial charge < -0.3 is 14.5 Å². The number of hydrogen-bond donors (Lipinski definition) is 1. The number of thiophene rings is 1. The number of ketones is 1. The van der Waals surface area contributed by atoms with Crippen molar-refractivity contribution in [1.82, 2.24) is 5.32 Å². The van der Waals surface area contributed by atoms with E-state index in [1.54, 1.807) is 31.2 Å². The molecular weight excluding hydrogens is 502 g/mol. The fourth-order valence-corrected chi connectivity index (χ4v) is 6.77. The number of aryl methyl sites for hydroxylation is 1. The number of ether oxygens (including phenoxy) is 1. The normalized spacial score (nSPS) is 14.4. The van der Waals surface area contributed by atoms with Gasteiger partial charge in [0.2, 0.25) is 0 Å². The third kappa shape index (κ3) is 6.73. The Morgan fingerprint density at radius 3 is 2.43 bits per heavy atom. The summed E-state index contributed by atoms with van der Waals surface area (Å²) in [5, 5.41) is 2.93. The van der Waals surface area contributed by atoms with Crippen molar-refractivity contribution in [2.75, 3.05) is 12.9 Å². The number of Topliss-reactive ketones (excluding diaryl/α,β-unsaturated/α-hetero) is 1. The molecule has 1 aliphatic rings. The van der Waals surface area contributed by atoms with Gasteiger partial charge >= 0.3 is 0 Å². The van der Waals surface area contributed by atoms with E-state index in [1.165, 1.54) is 16.9 Å². The molecule has 2 aromatic carbocycles. The van der Waals surface area contributed by atoms with Crippen LogP contribution in [-0.4, -0.2) is 24.6 Å². The summed E-state index contributed by atoms with van der Waals surface area (Å²) in [4.78, 5) is 26.7. The fraction of sp³-hybridized carbons (Fsp3) is 0.267. The summed E-state index contributed by atoms with van der Waals surface area (Å²) in [6.07, 6.45) is 2.72. The molecule has 192 valence electrons. The van der Waals surface area contributed by atoms with Crippen molar-refractivity contribution in [2.24, 2.45) is 0 Å². The van der Waals surface area contributed by atoms with E-state index in [1.807, 2.05) is 48.5 Å². The summed E-state index contributed by atoms with van der Waals surface area (Å²) in [6.45, 7) is 4.46. The summed E-state index contributed by atoms with van der Waals surface area (Å²) in [5.74, 6) is 2.37. The smallest absolute Gasteiger partial charge is 0.262 e. The number of furan rings is 1. The Morgan fingerprint density at radius 1 is 1.08 bits per heavy atom. The third-order valence-corrected chi connectivity index (χ3v) is 8.53. The second kappa shape index (κ2) is 12.8. The van der Waals surface area contributed by atoms with Gasteiger partial charge in [-0.1, -0.05) is 55.0 Å². The van der Waals surface area contributed by atoms with Gasteiger partial charge in [0.05, 0.1) is 29.0 Å². The Bertz CT molecular complexity index is 1310. The van der Waals surface area contributed by atoms with Crippen LogP contribution < -0.4 is 10.1 Å². The molecule has 1 atom stereocenters. The van der Waals surface area contributed by atoms with E-state index < -0.39 is 0 Å². The first-order chi connectivity index (χ1) is 18.0. The maximum atomic E-state index is 13.1. The van der Waals surface area contributed by atoms with E-state index in [4.69, 9.17) is 9.15 Å². The Hall–Kier alpha value is -3.29. The fourth-order valence-electron chi connectivity index (χ4n) is 4.29. The van der Waals surface area contributed by atoms with E-state index in [0.717, 1.165) is 32.4 Å². The van der Waals surface area contributed by atoms with Crippen LogP contribution in [0.25, 0.3) is 0 Å². The van der Waals surface area contributed by atoms with Crippen molar-refractivity contribution in [3.8, 4) is 5.75 Å². The number of hydrogen-bond acceptors (Lipinski definition) is 6. The molecule has 2 aromatic heterocycles. The van der Waals surface area contributed by atoms with Crippen molar-refractivity contribution in [2.45, 2.75) is 43.4 Å². The lowest BCUT2D eigenvalue weighted by Gasteiger charge is -2.23. The van der Waals surface area contributed by atoms with Gasteiger partial charge in [0.1, 0.15) is 11.5 Å². The summed E-state index contributed by atoms with van der Waals surface area (Å²) in [7, 11) is 1.64. The van der Waals surface area contributed by atoms with Crippen LogP contribution in [-0.2, 0) is 13.0 Å². The molecule has 0 fully saturated rings. The maximum Gasteiger partial charge on any atom is 0.262 e. The lowest BCUT2D eigenvalue weighted by Crippen LogP contribution is -2.25.